The van der Waals surface area contributed by atoms with Crippen LogP contribution in [0.1, 0.15) is 45.6 Å². The molecule has 5 nitrogen and oxygen atoms in total. The topological polar surface area (TPSA) is 59.1 Å². The third kappa shape index (κ3) is 3.60. The molecule has 5 heteroatoms. The number of anilines is 2. The average molecular weight is 278 g/mol. The Morgan fingerprint density at radius 1 is 1.30 bits per heavy atom. The molecule has 1 atom stereocenters. The van der Waals surface area contributed by atoms with E-state index in [1.165, 1.54) is 5.56 Å². The van der Waals surface area contributed by atoms with Gasteiger partial charge in [0.05, 0.1) is 12.1 Å². The maximum absolute atomic E-state index is 5.61. The lowest BCUT2D eigenvalue weighted by Gasteiger charge is -2.35. The van der Waals surface area contributed by atoms with Gasteiger partial charge in [-0.25, -0.2) is 9.97 Å². The number of nitrogens with one attached hydrogen (secondary N) is 2. The molecule has 0 aromatic carbocycles. The molecule has 2 rings (SSSR count). The van der Waals surface area contributed by atoms with Gasteiger partial charge in [-0.1, -0.05) is 13.3 Å². The van der Waals surface area contributed by atoms with Crippen molar-refractivity contribution in [2.24, 2.45) is 0 Å². The zero-order valence-electron chi connectivity index (χ0n) is 12.8. The highest BCUT2D eigenvalue weighted by Crippen LogP contribution is 2.28. The molecule has 112 valence electrons. The summed E-state index contributed by atoms with van der Waals surface area (Å²) in [5.41, 5.74) is 1.15. The molecule has 0 amide bonds. The monoisotopic (exact) mass is 278 g/mol. The van der Waals surface area contributed by atoms with Crippen LogP contribution in [0.3, 0.4) is 0 Å². The van der Waals surface area contributed by atoms with Crippen molar-refractivity contribution in [2.45, 2.75) is 52.0 Å². The Labute approximate surface area is 121 Å². The molecule has 0 aliphatic carbocycles. The Hall–Kier alpha value is -1.36. The normalized spacial score (nSPS) is 22.6. The van der Waals surface area contributed by atoms with Crippen molar-refractivity contribution in [1.29, 1.82) is 0 Å². The van der Waals surface area contributed by atoms with E-state index in [9.17, 15) is 0 Å². The summed E-state index contributed by atoms with van der Waals surface area (Å²) < 4.78 is 5.61. The summed E-state index contributed by atoms with van der Waals surface area (Å²) >= 11 is 0. The predicted octanol–water partition coefficient (Wildman–Crippen LogP) is 2.84. The first-order chi connectivity index (χ1) is 9.68. The Morgan fingerprint density at radius 3 is 2.75 bits per heavy atom. The summed E-state index contributed by atoms with van der Waals surface area (Å²) in [6.45, 7) is 8.94. The van der Waals surface area contributed by atoms with Gasteiger partial charge in [0.2, 0.25) is 0 Å². The standard InChI is InChI=1S/C15H26N4O/c1-4-7-12-13(16-5-2)17-11-18-14(12)19-15(3)8-6-9-20-10-15/h11H,4-10H2,1-3H3,(H2,16,17,18,19). The smallest absolute Gasteiger partial charge is 0.135 e. The fraction of sp³-hybridized carbons (Fsp3) is 0.733. The maximum Gasteiger partial charge on any atom is 0.135 e. The summed E-state index contributed by atoms with van der Waals surface area (Å²) in [6, 6.07) is 0. The second kappa shape index (κ2) is 6.88. The van der Waals surface area contributed by atoms with Crippen LogP contribution in [-0.2, 0) is 11.2 Å². The van der Waals surface area contributed by atoms with Gasteiger partial charge in [0.1, 0.15) is 18.0 Å². The summed E-state index contributed by atoms with van der Waals surface area (Å²) in [7, 11) is 0. The number of hydrogen-bond donors (Lipinski definition) is 2. The number of ether oxygens (including phenoxy) is 1. The lowest BCUT2D eigenvalue weighted by molar-refractivity contribution is 0.0538. The largest absolute Gasteiger partial charge is 0.379 e. The highest BCUT2D eigenvalue weighted by Gasteiger charge is 2.29. The van der Waals surface area contributed by atoms with E-state index in [0.29, 0.717) is 0 Å². The second-order valence-corrected chi connectivity index (χ2v) is 5.67. The lowest BCUT2D eigenvalue weighted by atomic mass is 9.94. The van der Waals surface area contributed by atoms with Crippen molar-refractivity contribution in [1.82, 2.24) is 9.97 Å². The minimum Gasteiger partial charge on any atom is -0.379 e. The van der Waals surface area contributed by atoms with Crippen LogP contribution in [0.2, 0.25) is 0 Å². The fourth-order valence-electron chi connectivity index (χ4n) is 2.65. The minimum atomic E-state index is -0.0292. The van der Waals surface area contributed by atoms with Crippen LogP contribution in [0, 0.1) is 0 Å². The molecular formula is C15H26N4O. The lowest BCUT2D eigenvalue weighted by Crippen LogP contribution is -2.43. The number of hydrogen-bond acceptors (Lipinski definition) is 5. The van der Waals surface area contributed by atoms with Crippen molar-refractivity contribution >= 4 is 11.6 Å². The molecule has 0 saturated carbocycles. The van der Waals surface area contributed by atoms with Crippen LogP contribution in [-0.4, -0.2) is 35.3 Å². The van der Waals surface area contributed by atoms with E-state index in [2.05, 4.69) is 41.4 Å². The molecule has 1 saturated heterocycles. The zero-order chi connectivity index (χ0) is 14.4. The van der Waals surface area contributed by atoms with Crippen LogP contribution >= 0.6 is 0 Å². The first-order valence-electron chi connectivity index (χ1n) is 7.62. The summed E-state index contributed by atoms with van der Waals surface area (Å²) in [5, 5.41) is 6.92. The third-order valence-electron chi connectivity index (χ3n) is 3.65. The fourth-order valence-corrected chi connectivity index (χ4v) is 2.65. The van der Waals surface area contributed by atoms with Crippen molar-refractivity contribution in [3.8, 4) is 0 Å². The Balaban J connectivity index is 2.23. The van der Waals surface area contributed by atoms with Crippen molar-refractivity contribution in [3.63, 3.8) is 0 Å². The van der Waals surface area contributed by atoms with Gasteiger partial charge in [-0.2, -0.15) is 0 Å². The van der Waals surface area contributed by atoms with Gasteiger partial charge >= 0.3 is 0 Å². The molecule has 2 N–H and O–H groups in total. The van der Waals surface area contributed by atoms with Gasteiger partial charge in [-0.3, -0.25) is 0 Å². The molecular weight excluding hydrogens is 252 g/mol. The summed E-state index contributed by atoms with van der Waals surface area (Å²) in [5.74, 6) is 1.90. The first kappa shape index (κ1) is 15.0. The van der Waals surface area contributed by atoms with Gasteiger partial charge in [0, 0.05) is 18.7 Å². The van der Waals surface area contributed by atoms with Crippen molar-refractivity contribution < 1.29 is 4.74 Å². The molecule has 0 bridgehead atoms. The van der Waals surface area contributed by atoms with Crippen LogP contribution < -0.4 is 10.6 Å². The molecule has 1 aromatic rings. The molecule has 1 aliphatic rings. The summed E-state index contributed by atoms with van der Waals surface area (Å²) in [6.07, 6.45) is 5.89. The molecule has 20 heavy (non-hydrogen) atoms. The Morgan fingerprint density at radius 2 is 2.10 bits per heavy atom. The van der Waals surface area contributed by atoms with Gasteiger partial charge in [0.25, 0.3) is 0 Å². The molecule has 1 aliphatic heterocycles. The van der Waals surface area contributed by atoms with Gasteiger partial charge in [-0.15, -0.1) is 0 Å². The number of nitrogens with zero attached hydrogens (tertiary/aromatic N) is 2. The minimum absolute atomic E-state index is 0.0292. The predicted molar refractivity (Wildman–Crippen MR) is 82.3 cm³/mol. The second-order valence-electron chi connectivity index (χ2n) is 5.67. The highest BCUT2D eigenvalue weighted by atomic mass is 16.5. The van der Waals surface area contributed by atoms with Gasteiger partial charge < -0.3 is 15.4 Å². The van der Waals surface area contributed by atoms with Gasteiger partial charge in [-0.05, 0) is 33.1 Å². The Bertz CT molecular complexity index is 430. The molecule has 0 spiro atoms. The number of rotatable bonds is 6. The van der Waals surface area contributed by atoms with Crippen molar-refractivity contribution in [2.75, 3.05) is 30.4 Å². The van der Waals surface area contributed by atoms with Crippen LogP contribution in [0.25, 0.3) is 0 Å². The molecule has 2 heterocycles. The first-order valence-corrected chi connectivity index (χ1v) is 7.62. The van der Waals surface area contributed by atoms with E-state index in [0.717, 1.165) is 57.1 Å². The molecule has 0 radical (unpaired) electrons. The quantitative estimate of drug-likeness (QED) is 0.838. The van der Waals surface area contributed by atoms with E-state index in [4.69, 9.17) is 4.74 Å². The SMILES string of the molecule is CCCc1c(NCC)ncnc1NC1(C)CCCOC1. The van der Waals surface area contributed by atoms with Crippen LogP contribution in [0.5, 0.6) is 0 Å². The summed E-state index contributed by atoms with van der Waals surface area (Å²) in [4.78, 5) is 8.83. The van der Waals surface area contributed by atoms with E-state index < -0.39 is 0 Å². The molecule has 1 aromatic heterocycles. The third-order valence-corrected chi connectivity index (χ3v) is 3.65. The maximum atomic E-state index is 5.61. The average Bonchev–Trinajstić information content (AvgIpc) is 2.43. The van der Waals surface area contributed by atoms with E-state index in [1.807, 2.05) is 0 Å². The van der Waals surface area contributed by atoms with Crippen molar-refractivity contribution in [3.05, 3.63) is 11.9 Å². The van der Waals surface area contributed by atoms with Crippen LogP contribution in [0.4, 0.5) is 11.6 Å². The molecule has 1 unspecified atom stereocenters. The molecule has 1 fully saturated rings. The van der Waals surface area contributed by atoms with Crippen LogP contribution in [0.15, 0.2) is 6.33 Å². The van der Waals surface area contributed by atoms with E-state index >= 15 is 0 Å². The highest BCUT2D eigenvalue weighted by molar-refractivity contribution is 5.58. The Kier molecular flexibility index (Phi) is 5.17. The zero-order valence-corrected chi connectivity index (χ0v) is 12.8. The van der Waals surface area contributed by atoms with E-state index in [-0.39, 0.29) is 5.54 Å². The number of aromatic nitrogens is 2. The van der Waals surface area contributed by atoms with Gasteiger partial charge in [0.15, 0.2) is 0 Å². The van der Waals surface area contributed by atoms with E-state index in [1.54, 1.807) is 6.33 Å².